The van der Waals surface area contributed by atoms with E-state index in [1.54, 1.807) is 0 Å². The minimum absolute atomic E-state index is 0.0144. The van der Waals surface area contributed by atoms with E-state index in [9.17, 15) is 19.3 Å². The molecule has 3 N–H and O–H groups in total. The van der Waals surface area contributed by atoms with Crippen LogP contribution in [0.3, 0.4) is 0 Å². The Kier molecular flexibility index (Phi) is 3.75. The van der Waals surface area contributed by atoms with Gasteiger partial charge in [0.2, 0.25) is 5.91 Å². The highest BCUT2D eigenvalue weighted by Crippen LogP contribution is 2.33. The Morgan fingerprint density at radius 2 is 2.26 bits per heavy atom. The minimum atomic E-state index is -0.737. The SMILES string of the molecule is NC(CC(=O)Nc1ccc(F)cc1[N+](=O)[O-])C1CC1. The predicted molar refractivity (Wildman–Crippen MR) is 67.0 cm³/mol. The Morgan fingerprint density at radius 3 is 2.84 bits per heavy atom. The zero-order valence-electron chi connectivity index (χ0n) is 10.1. The van der Waals surface area contributed by atoms with Crippen molar-refractivity contribution in [2.75, 3.05) is 5.32 Å². The monoisotopic (exact) mass is 267 g/mol. The van der Waals surface area contributed by atoms with Crippen molar-refractivity contribution in [3.8, 4) is 0 Å². The van der Waals surface area contributed by atoms with Gasteiger partial charge in [0.05, 0.1) is 11.0 Å². The molecule has 2 rings (SSSR count). The molecule has 0 bridgehead atoms. The van der Waals surface area contributed by atoms with E-state index in [0.29, 0.717) is 5.92 Å². The summed E-state index contributed by atoms with van der Waals surface area (Å²) in [6.07, 6.45) is 2.15. The molecule has 0 saturated heterocycles. The van der Waals surface area contributed by atoms with E-state index >= 15 is 0 Å². The normalized spacial score (nSPS) is 15.9. The van der Waals surface area contributed by atoms with E-state index in [-0.39, 0.29) is 18.2 Å². The second-order valence-electron chi connectivity index (χ2n) is 4.67. The number of amides is 1. The second-order valence-corrected chi connectivity index (χ2v) is 4.67. The number of hydrogen-bond acceptors (Lipinski definition) is 4. The van der Waals surface area contributed by atoms with Crippen molar-refractivity contribution in [3.63, 3.8) is 0 Å². The molecule has 1 aliphatic rings. The summed E-state index contributed by atoms with van der Waals surface area (Å²) >= 11 is 0. The van der Waals surface area contributed by atoms with Crippen molar-refractivity contribution in [1.82, 2.24) is 0 Å². The first-order valence-corrected chi connectivity index (χ1v) is 5.96. The molecule has 1 unspecified atom stereocenters. The molecule has 0 aliphatic heterocycles. The fraction of sp³-hybridized carbons (Fsp3) is 0.417. The Labute approximate surface area is 108 Å². The molecule has 6 nitrogen and oxygen atoms in total. The number of rotatable bonds is 5. The van der Waals surface area contributed by atoms with Crippen LogP contribution in [-0.2, 0) is 4.79 Å². The fourth-order valence-corrected chi connectivity index (χ4v) is 1.87. The summed E-state index contributed by atoms with van der Waals surface area (Å²) in [4.78, 5) is 21.7. The third-order valence-electron chi connectivity index (χ3n) is 3.08. The Bertz CT molecular complexity index is 517. The number of carbonyl (C=O) groups is 1. The van der Waals surface area contributed by atoms with Gasteiger partial charge in [0.15, 0.2) is 0 Å². The van der Waals surface area contributed by atoms with E-state index < -0.39 is 22.3 Å². The van der Waals surface area contributed by atoms with Gasteiger partial charge in [0, 0.05) is 12.5 Å². The third kappa shape index (κ3) is 3.47. The molecular formula is C12H14FN3O3. The van der Waals surface area contributed by atoms with Gasteiger partial charge in [-0.05, 0) is 30.9 Å². The highest BCUT2D eigenvalue weighted by Gasteiger charge is 2.30. The smallest absolute Gasteiger partial charge is 0.295 e. The van der Waals surface area contributed by atoms with Crippen LogP contribution in [0.5, 0.6) is 0 Å². The molecule has 7 heteroatoms. The predicted octanol–water partition coefficient (Wildman–Crippen LogP) is 1.80. The number of nitro groups is 1. The summed E-state index contributed by atoms with van der Waals surface area (Å²) in [6.45, 7) is 0. The summed E-state index contributed by atoms with van der Waals surface area (Å²) < 4.78 is 12.9. The molecule has 0 radical (unpaired) electrons. The Morgan fingerprint density at radius 1 is 1.58 bits per heavy atom. The lowest BCUT2D eigenvalue weighted by Gasteiger charge is -2.10. The number of benzene rings is 1. The number of nitrogens with zero attached hydrogens (tertiary/aromatic N) is 1. The Balaban J connectivity index is 2.05. The number of nitro benzene ring substituents is 1. The molecule has 0 heterocycles. The molecular weight excluding hydrogens is 253 g/mol. The first-order valence-electron chi connectivity index (χ1n) is 5.96. The zero-order valence-corrected chi connectivity index (χ0v) is 10.1. The van der Waals surface area contributed by atoms with Gasteiger partial charge in [-0.1, -0.05) is 0 Å². The topological polar surface area (TPSA) is 98.3 Å². The van der Waals surface area contributed by atoms with E-state index in [1.165, 1.54) is 6.07 Å². The summed E-state index contributed by atoms with van der Waals surface area (Å²) in [5.74, 6) is -0.748. The maximum absolute atomic E-state index is 12.9. The van der Waals surface area contributed by atoms with Crippen molar-refractivity contribution in [1.29, 1.82) is 0 Å². The lowest BCUT2D eigenvalue weighted by molar-refractivity contribution is -0.384. The molecule has 1 saturated carbocycles. The molecule has 0 aromatic heterocycles. The summed E-state index contributed by atoms with van der Waals surface area (Å²) in [5, 5.41) is 13.2. The summed E-state index contributed by atoms with van der Waals surface area (Å²) in [5.41, 5.74) is 5.32. The van der Waals surface area contributed by atoms with Crippen molar-refractivity contribution < 1.29 is 14.1 Å². The number of nitrogens with one attached hydrogen (secondary N) is 1. The minimum Gasteiger partial charge on any atom is -0.327 e. The first-order chi connectivity index (χ1) is 8.97. The molecule has 1 aliphatic carbocycles. The molecule has 102 valence electrons. The second kappa shape index (κ2) is 5.31. The van der Waals surface area contributed by atoms with Gasteiger partial charge in [0.25, 0.3) is 5.69 Å². The van der Waals surface area contributed by atoms with Crippen LogP contribution in [0.15, 0.2) is 18.2 Å². The van der Waals surface area contributed by atoms with Crippen LogP contribution in [0.4, 0.5) is 15.8 Å². The van der Waals surface area contributed by atoms with Gasteiger partial charge in [-0.25, -0.2) is 4.39 Å². The van der Waals surface area contributed by atoms with Crippen LogP contribution in [0.2, 0.25) is 0 Å². The standard InChI is InChI=1S/C12H14FN3O3/c13-8-3-4-10(11(5-8)16(18)19)15-12(17)6-9(14)7-1-2-7/h3-5,7,9H,1-2,6,14H2,(H,15,17). The van der Waals surface area contributed by atoms with Crippen LogP contribution in [0, 0.1) is 21.8 Å². The van der Waals surface area contributed by atoms with Crippen molar-refractivity contribution in [2.45, 2.75) is 25.3 Å². The highest BCUT2D eigenvalue weighted by molar-refractivity contribution is 5.93. The van der Waals surface area contributed by atoms with Gasteiger partial charge in [-0.2, -0.15) is 0 Å². The van der Waals surface area contributed by atoms with Gasteiger partial charge in [-0.3, -0.25) is 14.9 Å². The van der Waals surface area contributed by atoms with Gasteiger partial charge in [-0.15, -0.1) is 0 Å². The maximum atomic E-state index is 12.9. The van der Waals surface area contributed by atoms with Crippen LogP contribution < -0.4 is 11.1 Å². The summed E-state index contributed by atoms with van der Waals surface area (Å²) in [6, 6.07) is 2.79. The third-order valence-corrected chi connectivity index (χ3v) is 3.08. The molecule has 1 aromatic rings. The van der Waals surface area contributed by atoms with Crippen molar-refractivity contribution in [2.24, 2.45) is 11.7 Å². The lowest BCUT2D eigenvalue weighted by Crippen LogP contribution is -2.29. The number of carbonyl (C=O) groups excluding carboxylic acids is 1. The largest absolute Gasteiger partial charge is 0.327 e. The number of hydrogen-bond donors (Lipinski definition) is 2. The van der Waals surface area contributed by atoms with Crippen LogP contribution >= 0.6 is 0 Å². The van der Waals surface area contributed by atoms with E-state index in [1.807, 2.05) is 0 Å². The van der Waals surface area contributed by atoms with E-state index in [0.717, 1.165) is 25.0 Å². The van der Waals surface area contributed by atoms with Crippen LogP contribution in [-0.4, -0.2) is 16.9 Å². The van der Waals surface area contributed by atoms with E-state index in [2.05, 4.69) is 5.32 Å². The molecule has 1 atom stereocenters. The fourth-order valence-electron chi connectivity index (χ4n) is 1.87. The van der Waals surface area contributed by atoms with Gasteiger partial charge >= 0.3 is 0 Å². The average molecular weight is 267 g/mol. The van der Waals surface area contributed by atoms with Gasteiger partial charge in [0.1, 0.15) is 11.5 Å². The summed E-state index contributed by atoms with van der Waals surface area (Å²) in [7, 11) is 0. The quantitative estimate of drug-likeness (QED) is 0.627. The van der Waals surface area contributed by atoms with E-state index in [4.69, 9.17) is 5.73 Å². The molecule has 1 fully saturated rings. The highest BCUT2D eigenvalue weighted by atomic mass is 19.1. The maximum Gasteiger partial charge on any atom is 0.295 e. The molecule has 1 aromatic carbocycles. The number of nitrogens with two attached hydrogens (primary N) is 1. The average Bonchev–Trinajstić information content (AvgIpc) is 3.15. The molecule has 1 amide bonds. The Hall–Kier alpha value is -2.02. The lowest BCUT2D eigenvalue weighted by atomic mass is 10.1. The first kappa shape index (κ1) is 13.4. The van der Waals surface area contributed by atoms with Crippen molar-refractivity contribution in [3.05, 3.63) is 34.1 Å². The van der Waals surface area contributed by atoms with Crippen LogP contribution in [0.25, 0.3) is 0 Å². The van der Waals surface area contributed by atoms with Crippen LogP contribution in [0.1, 0.15) is 19.3 Å². The van der Waals surface area contributed by atoms with Crippen molar-refractivity contribution >= 4 is 17.3 Å². The molecule has 0 spiro atoms. The van der Waals surface area contributed by atoms with Gasteiger partial charge < -0.3 is 11.1 Å². The number of anilines is 1. The molecule has 19 heavy (non-hydrogen) atoms. The zero-order chi connectivity index (χ0) is 14.0. The number of halogens is 1.